The molecule has 1 saturated heterocycles. The lowest BCUT2D eigenvalue weighted by Crippen LogP contribution is -2.47. The van der Waals surface area contributed by atoms with Crippen molar-refractivity contribution < 1.29 is 0 Å². The van der Waals surface area contributed by atoms with Crippen LogP contribution in [0.2, 0.25) is 0 Å². The molecule has 0 unspecified atom stereocenters. The molecule has 2 aliphatic rings. The van der Waals surface area contributed by atoms with E-state index >= 15 is 0 Å². The van der Waals surface area contributed by atoms with Crippen molar-refractivity contribution in [2.75, 3.05) is 37.6 Å². The zero-order valence-corrected chi connectivity index (χ0v) is 10.8. The SMILES string of the molecule is NCc1cncc(N2CCN(CC3CC3)CC2)n1. The third kappa shape index (κ3) is 2.79. The second kappa shape index (κ2) is 5.20. The fraction of sp³-hybridized carbons (Fsp3) is 0.692. The number of hydrogen-bond donors (Lipinski definition) is 1. The van der Waals surface area contributed by atoms with Gasteiger partial charge in [0.2, 0.25) is 0 Å². The second-order valence-electron chi connectivity index (χ2n) is 5.30. The van der Waals surface area contributed by atoms with E-state index in [1.165, 1.54) is 19.4 Å². The molecule has 0 spiro atoms. The summed E-state index contributed by atoms with van der Waals surface area (Å²) in [5.41, 5.74) is 6.47. The molecule has 2 fully saturated rings. The summed E-state index contributed by atoms with van der Waals surface area (Å²) in [5.74, 6) is 1.96. The molecule has 5 heteroatoms. The molecule has 5 nitrogen and oxygen atoms in total. The quantitative estimate of drug-likeness (QED) is 0.838. The van der Waals surface area contributed by atoms with Gasteiger partial charge in [0, 0.05) is 45.5 Å². The number of hydrogen-bond acceptors (Lipinski definition) is 5. The van der Waals surface area contributed by atoms with Crippen LogP contribution < -0.4 is 10.6 Å². The van der Waals surface area contributed by atoms with E-state index in [1.807, 2.05) is 6.20 Å². The fourth-order valence-corrected chi connectivity index (χ4v) is 2.47. The van der Waals surface area contributed by atoms with Crippen LogP contribution in [0.5, 0.6) is 0 Å². The maximum absolute atomic E-state index is 5.60. The largest absolute Gasteiger partial charge is 0.353 e. The van der Waals surface area contributed by atoms with E-state index in [-0.39, 0.29) is 0 Å². The number of anilines is 1. The van der Waals surface area contributed by atoms with Crippen molar-refractivity contribution in [2.45, 2.75) is 19.4 Å². The van der Waals surface area contributed by atoms with Crippen LogP contribution in [0.25, 0.3) is 0 Å². The van der Waals surface area contributed by atoms with Gasteiger partial charge < -0.3 is 10.6 Å². The Hall–Kier alpha value is -1.20. The Morgan fingerprint density at radius 1 is 1.17 bits per heavy atom. The summed E-state index contributed by atoms with van der Waals surface area (Å²) in [6, 6.07) is 0. The predicted octanol–water partition coefficient (Wildman–Crippen LogP) is 0.467. The monoisotopic (exact) mass is 247 g/mol. The molecule has 1 aliphatic carbocycles. The first-order chi connectivity index (χ1) is 8.85. The molecule has 1 aliphatic heterocycles. The highest BCUT2D eigenvalue weighted by Gasteiger charge is 2.26. The molecule has 0 bridgehead atoms. The predicted molar refractivity (Wildman–Crippen MR) is 71.3 cm³/mol. The minimum atomic E-state index is 0.461. The maximum atomic E-state index is 5.60. The molecule has 1 aromatic rings. The standard InChI is InChI=1S/C13H21N5/c14-7-12-8-15-9-13(16-12)18-5-3-17(4-6-18)10-11-1-2-11/h8-9,11H,1-7,10,14H2. The summed E-state index contributed by atoms with van der Waals surface area (Å²) >= 11 is 0. The van der Waals surface area contributed by atoms with Crippen molar-refractivity contribution in [1.82, 2.24) is 14.9 Å². The first-order valence-corrected chi connectivity index (χ1v) is 6.83. The van der Waals surface area contributed by atoms with Gasteiger partial charge >= 0.3 is 0 Å². The number of rotatable bonds is 4. The molecule has 98 valence electrons. The van der Waals surface area contributed by atoms with Crippen molar-refractivity contribution in [3.05, 3.63) is 18.1 Å². The minimum absolute atomic E-state index is 0.461. The van der Waals surface area contributed by atoms with E-state index < -0.39 is 0 Å². The summed E-state index contributed by atoms with van der Waals surface area (Å²) in [6.45, 7) is 6.14. The Morgan fingerprint density at radius 2 is 1.94 bits per heavy atom. The van der Waals surface area contributed by atoms with Gasteiger partial charge in [0.05, 0.1) is 11.9 Å². The van der Waals surface area contributed by atoms with Crippen LogP contribution in [0.3, 0.4) is 0 Å². The lowest BCUT2D eigenvalue weighted by atomic mass is 10.3. The highest BCUT2D eigenvalue weighted by molar-refractivity contribution is 5.37. The van der Waals surface area contributed by atoms with Gasteiger partial charge in [-0.05, 0) is 18.8 Å². The Kier molecular flexibility index (Phi) is 3.43. The van der Waals surface area contributed by atoms with Gasteiger partial charge in [0.1, 0.15) is 5.82 Å². The number of nitrogens with zero attached hydrogens (tertiary/aromatic N) is 4. The molecule has 1 aromatic heterocycles. The van der Waals surface area contributed by atoms with Gasteiger partial charge in [0.25, 0.3) is 0 Å². The Balaban J connectivity index is 1.57. The highest BCUT2D eigenvalue weighted by Crippen LogP contribution is 2.30. The molecule has 0 amide bonds. The maximum Gasteiger partial charge on any atom is 0.147 e. The highest BCUT2D eigenvalue weighted by atomic mass is 15.3. The third-order valence-electron chi connectivity index (χ3n) is 3.79. The molecule has 2 N–H and O–H groups in total. The topological polar surface area (TPSA) is 58.3 Å². The average molecular weight is 247 g/mol. The normalized spacial score (nSPS) is 21.3. The van der Waals surface area contributed by atoms with Gasteiger partial charge in [-0.2, -0.15) is 0 Å². The fourth-order valence-electron chi connectivity index (χ4n) is 2.47. The zero-order chi connectivity index (χ0) is 12.4. The zero-order valence-electron chi connectivity index (χ0n) is 10.8. The Labute approximate surface area is 108 Å². The summed E-state index contributed by atoms with van der Waals surface area (Å²) in [4.78, 5) is 13.6. The Morgan fingerprint density at radius 3 is 2.61 bits per heavy atom. The van der Waals surface area contributed by atoms with Crippen molar-refractivity contribution in [2.24, 2.45) is 11.7 Å². The van der Waals surface area contributed by atoms with Crippen LogP contribution in [0.4, 0.5) is 5.82 Å². The molecule has 0 atom stereocenters. The van der Waals surface area contributed by atoms with Gasteiger partial charge in [-0.3, -0.25) is 9.88 Å². The van der Waals surface area contributed by atoms with E-state index in [0.29, 0.717) is 6.54 Å². The van der Waals surface area contributed by atoms with Crippen LogP contribution in [0, 0.1) is 5.92 Å². The average Bonchev–Trinajstić information content (AvgIpc) is 3.24. The number of nitrogens with two attached hydrogens (primary N) is 1. The lowest BCUT2D eigenvalue weighted by molar-refractivity contribution is 0.247. The van der Waals surface area contributed by atoms with Gasteiger partial charge in [-0.1, -0.05) is 0 Å². The van der Waals surface area contributed by atoms with E-state index in [9.17, 15) is 0 Å². The second-order valence-corrected chi connectivity index (χ2v) is 5.30. The van der Waals surface area contributed by atoms with Crippen LogP contribution in [0.1, 0.15) is 18.5 Å². The molecule has 3 rings (SSSR count). The van der Waals surface area contributed by atoms with Gasteiger partial charge in [0.15, 0.2) is 0 Å². The van der Waals surface area contributed by atoms with Crippen molar-refractivity contribution >= 4 is 5.82 Å². The van der Waals surface area contributed by atoms with Crippen LogP contribution >= 0.6 is 0 Å². The number of aromatic nitrogens is 2. The smallest absolute Gasteiger partial charge is 0.147 e. The lowest BCUT2D eigenvalue weighted by Gasteiger charge is -2.35. The van der Waals surface area contributed by atoms with Crippen molar-refractivity contribution in [3.8, 4) is 0 Å². The van der Waals surface area contributed by atoms with E-state index in [0.717, 1.165) is 43.6 Å². The van der Waals surface area contributed by atoms with Crippen LogP contribution in [-0.4, -0.2) is 47.6 Å². The molecule has 1 saturated carbocycles. The first kappa shape index (κ1) is 11.9. The molecular formula is C13H21N5. The van der Waals surface area contributed by atoms with Gasteiger partial charge in [-0.25, -0.2) is 4.98 Å². The van der Waals surface area contributed by atoms with Crippen LogP contribution in [-0.2, 0) is 6.54 Å². The van der Waals surface area contributed by atoms with Crippen molar-refractivity contribution in [1.29, 1.82) is 0 Å². The molecule has 2 heterocycles. The summed E-state index contributed by atoms with van der Waals surface area (Å²) in [7, 11) is 0. The number of piperazine rings is 1. The summed E-state index contributed by atoms with van der Waals surface area (Å²) in [5, 5.41) is 0. The van der Waals surface area contributed by atoms with Crippen molar-refractivity contribution in [3.63, 3.8) is 0 Å². The van der Waals surface area contributed by atoms with E-state index in [1.54, 1.807) is 6.20 Å². The molecule has 18 heavy (non-hydrogen) atoms. The summed E-state index contributed by atoms with van der Waals surface area (Å²) < 4.78 is 0. The van der Waals surface area contributed by atoms with E-state index in [2.05, 4.69) is 19.8 Å². The first-order valence-electron chi connectivity index (χ1n) is 6.83. The van der Waals surface area contributed by atoms with Crippen LogP contribution in [0.15, 0.2) is 12.4 Å². The van der Waals surface area contributed by atoms with Gasteiger partial charge in [-0.15, -0.1) is 0 Å². The molecule has 0 aromatic carbocycles. The minimum Gasteiger partial charge on any atom is -0.353 e. The Bertz CT molecular complexity index is 396. The molecule has 0 radical (unpaired) electrons. The molecular weight excluding hydrogens is 226 g/mol. The van der Waals surface area contributed by atoms with E-state index in [4.69, 9.17) is 5.73 Å². The summed E-state index contributed by atoms with van der Waals surface area (Å²) in [6.07, 6.45) is 6.46. The third-order valence-corrected chi connectivity index (χ3v) is 3.79.